The lowest BCUT2D eigenvalue weighted by molar-refractivity contribution is 0.102. The molecule has 1 aromatic heterocycles. The number of nitrogens with zero attached hydrogens (tertiary/aromatic N) is 1. The van der Waals surface area contributed by atoms with Crippen molar-refractivity contribution in [1.29, 1.82) is 0 Å². The molecule has 0 aliphatic heterocycles. The standard InChI is InChI=1S/C22H16BrIN2O3/c1-2-28-19-8-6-13(11-17(19)23)21(27)25-16-7-9-20-18(12-16)26-22(29-20)14-4-3-5-15(24)10-14/h3-12H,2H2,1H3,(H,25,27). The van der Waals surface area contributed by atoms with E-state index < -0.39 is 0 Å². The lowest BCUT2D eigenvalue weighted by Crippen LogP contribution is -2.12. The van der Waals surface area contributed by atoms with Crippen molar-refractivity contribution in [2.45, 2.75) is 6.92 Å². The van der Waals surface area contributed by atoms with Gasteiger partial charge in [-0.05, 0) is 100 Å². The monoisotopic (exact) mass is 562 g/mol. The molecule has 0 saturated heterocycles. The van der Waals surface area contributed by atoms with Crippen LogP contribution >= 0.6 is 38.5 Å². The summed E-state index contributed by atoms with van der Waals surface area (Å²) in [7, 11) is 0. The highest BCUT2D eigenvalue weighted by Crippen LogP contribution is 2.28. The maximum atomic E-state index is 12.6. The molecule has 0 aliphatic rings. The molecule has 1 amide bonds. The van der Waals surface area contributed by atoms with Gasteiger partial charge in [-0.1, -0.05) is 6.07 Å². The number of carbonyl (C=O) groups excluding carboxylic acids is 1. The zero-order valence-corrected chi connectivity index (χ0v) is 19.2. The van der Waals surface area contributed by atoms with E-state index in [0.717, 1.165) is 13.6 Å². The van der Waals surface area contributed by atoms with Gasteiger partial charge in [0.2, 0.25) is 5.89 Å². The number of rotatable bonds is 5. The van der Waals surface area contributed by atoms with Crippen molar-refractivity contribution in [3.05, 3.63) is 74.3 Å². The first-order valence-corrected chi connectivity index (χ1v) is 10.8. The third kappa shape index (κ3) is 4.45. The van der Waals surface area contributed by atoms with Gasteiger partial charge in [-0.25, -0.2) is 4.98 Å². The molecule has 0 fully saturated rings. The van der Waals surface area contributed by atoms with Gasteiger partial charge in [0.15, 0.2) is 5.58 Å². The van der Waals surface area contributed by atoms with Crippen LogP contribution in [0.3, 0.4) is 0 Å². The third-order valence-corrected chi connectivity index (χ3v) is 5.50. The molecular weight excluding hydrogens is 547 g/mol. The number of aromatic nitrogens is 1. The maximum Gasteiger partial charge on any atom is 0.255 e. The molecule has 4 aromatic rings. The Bertz CT molecular complexity index is 1210. The van der Waals surface area contributed by atoms with E-state index in [1.165, 1.54) is 0 Å². The van der Waals surface area contributed by atoms with Crippen molar-refractivity contribution in [3.8, 4) is 17.2 Å². The first kappa shape index (κ1) is 19.9. The van der Waals surface area contributed by atoms with Gasteiger partial charge in [-0.3, -0.25) is 4.79 Å². The number of ether oxygens (including phenoxy) is 1. The summed E-state index contributed by atoms with van der Waals surface area (Å²) in [6.07, 6.45) is 0. The van der Waals surface area contributed by atoms with Crippen molar-refractivity contribution < 1.29 is 13.9 Å². The SMILES string of the molecule is CCOc1ccc(C(=O)Nc2ccc3oc(-c4cccc(I)c4)nc3c2)cc1Br. The molecule has 1 heterocycles. The van der Waals surface area contributed by atoms with Crippen LogP contribution in [0, 0.1) is 3.57 Å². The molecule has 7 heteroatoms. The normalized spacial score (nSPS) is 10.9. The molecule has 0 saturated carbocycles. The zero-order valence-electron chi connectivity index (χ0n) is 15.4. The zero-order chi connectivity index (χ0) is 20.4. The molecule has 0 aliphatic carbocycles. The Labute approximate surface area is 189 Å². The smallest absolute Gasteiger partial charge is 0.255 e. The van der Waals surface area contributed by atoms with Gasteiger partial charge in [0.1, 0.15) is 11.3 Å². The number of carbonyl (C=O) groups is 1. The van der Waals surface area contributed by atoms with Crippen LogP contribution < -0.4 is 10.1 Å². The Balaban J connectivity index is 1.57. The van der Waals surface area contributed by atoms with E-state index in [1.54, 1.807) is 30.3 Å². The summed E-state index contributed by atoms with van der Waals surface area (Å²) >= 11 is 5.69. The van der Waals surface area contributed by atoms with Gasteiger partial charge in [-0.15, -0.1) is 0 Å². The van der Waals surface area contributed by atoms with Crippen molar-refractivity contribution >= 4 is 61.2 Å². The largest absolute Gasteiger partial charge is 0.493 e. The fraction of sp³-hybridized carbons (Fsp3) is 0.0909. The molecule has 0 unspecified atom stereocenters. The highest BCUT2D eigenvalue weighted by atomic mass is 127. The number of halogens is 2. The van der Waals surface area contributed by atoms with Gasteiger partial charge < -0.3 is 14.5 Å². The van der Waals surface area contributed by atoms with Crippen LogP contribution in [0.2, 0.25) is 0 Å². The van der Waals surface area contributed by atoms with Crippen molar-refractivity contribution in [3.63, 3.8) is 0 Å². The molecule has 0 radical (unpaired) electrons. The minimum Gasteiger partial charge on any atom is -0.493 e. The predicted octanol–water partition coefficient (Wildman–Crippen LogP) is 6.51. The highest BCUT2D eigenvalue weighted by Gasteiger charge is 2.12. The lowest BCUT2D eigenvalue weighted by Gasteiger charge is -2.09. The third-order valence-electron chi connectivity index (χ3n) is 4.21. The van der Waals surface area contributed by atoms with E-state index in [0.29, 0.717) is 40.6 Å². The Kier molecular flexibility index (Phi) is 5.86. The topological polar surface area (TPSA) is 64.4 Å². The molecule has 0 bridgehead atoms. The van der Waals surface area contributed by atoms with Crippen LogP contribution in [-0.4, -0.2) is 17.5 Å². The summed E-state index contributed by atoms with van der Waals surface area (Å²) in [6.45, 7) is 2.48. The fourth-order valence-corrected chi connectivity index (χ4v) is 3.90. The number of amides is 1. The Morgan fingerprint density at radius 3 is 2.79 bits per heavy atom. The van der Waals surface area contributed by atoms with Crippen molar-refractivity contribution in [2.24, 2.45) is 0 Å². The summed E-state index contributed by atoms with van der Waals surface area (Å²) in [6, 6.07) is 18.6. The summed E-state index contributed by atoms with van der Waals surface area (Å²) in [4.78, 5) is 17.2. The first-order chi connectivity index (χ1) is 14.0. The second-order valence-corrected chi connectivity index (χ2v) is 8.34. The van der Waals surface area contributed by atoms with Crippen LogP contribution in [0.4, 0.5) is 5.69 Å². The van der Waals surface area contributed by atoms with Gasteiger partial charge >= 0.3 is 0 Å². The highest BCUT2D eigenvalue weighted by molar-refractivity contribution is 14.1. The lowest BCUT2D eigenvalue weighted by atomic mass is 10.2. The molecule has 3 aromatic carbocycles. The van der Waals surface area contributed by atoms with E-state index in [2.05, 4.69) is 48.8 Å². The quantitative estimate of drug-likeness (QED) is 0.281. The first-order valence-electron chi connectivity index (χ1n) is 8.93. The van der Waals surface area contributed by atoms with Crippen molar-refractivity contribution in [1.82, 2.24) is 4.98 Å². The average Bonchev–Trinajstić information content (AvgIpc) is 3.13. The molecule has 1 N–H and O–H groups in total. The molecule has 5 nitrogen and oxygen atoms in total. The van der Waals surface area contributed by atoms with Crippen LogP contribution in [0.5, 0.6) is 5.75 Å². The minimum atomic E-state index is -0.213. The minimum absolute atomic E-state index is 0.213. The van der Waals surface area contributed by atoms with Gasteiger partial charge in [-0.2, -0.15) is 0 Å². The number of hydrogen-bond acceptors (Lipinski definition) is 4. The van der Waals surface area contributed by atoms with E-state index >= 15 is 0 Å². The van der Waals surface area contributed by atoms with Gasteiger partial charge in [0, 0.05) is 20.4 Å². The number of fused-ring (bicyclic) bond motifs is 1. The maximum absolute atomic E-state index is 12.6. The summed E-state index contributed by atoms with van der Waals surface area (Å²) < 4.78 is 13.2. The Morgan fingerprint density at radius 1 is 1.17 bits per heavy atom. The number of hydrogen-bond donors (Lipinski definition) is 1. The molecule has 0 spiro atoms. The average molecular weight is 563 g/mol. The van der Waals surface area contributed by atoms with Crippen LogP contribution in [-0.2, 0) is 0 Å². The number of nitrogens with one attached hydrogen (secondary N) is 1. The van der Waals surface area contributed by atoms with E-state index in [1.807, 2.05) is 37.3 Å². The van der Waals surface area contributed by atoms with Crippen LogP contribution in [0.25, 0.3) is 22.6 Å². The van der Waals surface area contributed by atoms with E-state index in [4.69, 9.17) is 9.15 Å². The second kappa shape index (κ2) is 8.54. The Hall–Kier alpha value is -2.39. The van der Waals surface area contributed by atoms with Gasteiger partial charge in [0.25, 0.3) is 5.91 Å². The van der Waals surface area contributed by atoms with E-state index in [-0.39, 0.29) is 5.91 Å². The van der Waals surface area contributed by atoms with Crippen molar-refractivity contribution in [2.75, 3.05) is 11.9 Å². The summed E-state index contributed by atoms with van der Waals surface area (Å²) in [5, 5.41) is 2.90. The summed E-state index contributed by atoms with van der Waals surface area (Å²) in [5.74, 6) is 1.04. The number of benzene rings is 3. The number of anilines is 1. The van der Waals surface area contributed by atoms with Crippen LogP contribution in [0.1, 0.15) is 17.3 Å². The second-order valence-electron chi connectivity index (χ2n) is 6.24. The van der Waals surface area contributed by atoms with Crippen LogP contribution in [0.15, 0.2) is 69.6 Å². The molecule has 146 valence electrons. The fourth-order valence-electron chi connectivity index (χ4n) is 2.87. The number of oxazole rings is 1. The van der Waals surface area contributed by atoms with E-state index in [9.17, 15) is 4.79 Å². The molecule has 29 heavy (non-hydrogen) atoms. The Morgan fingerprint density at radius 2 is 2.03 bits per heavy atom. The summed E-state index contributed by atoms with van der Waals surface area (Å²) in [5.41, 5.74) is 3.44. The molecule has 0 atom stereocenters. The molecular formula is C22H16BrIN2O3. The molecule has 4 rings (SSSR count). The van der Waals surface area contributed by atoms with Gasteiger partial charge in [0.05, 0.1) is 11.1 Å². The predicted molar refractivity (Wildman–Crippen MR) is 125 cm³/mol.